The van der Waals surface area contributed by atoms with Gasteiger partial charge < -0.3 is 28.4 Å². The molecule has 0 aromatic carbocycles. The van der Waals surface area contributed by atoms with Crippen molar-refractivity contribution in [3.63, 3.8) is 0 Å². The normalized spacial score (nSPS) is 27.7. The highest BCUT2D eigenvalue weighted by Gasteiger charge is 2.57. The van der Waals surface area contributed by atoms with E-state index in [0.717, 1.165) is 35.0 Å². The molecule has 146 valence electrons. The van der Waals surface area contributed by atoms with E-state index in [-0.39, 0.29) is 0 Å². The van der Waals surface area contributed by atoms with E-state index < -0.39 is 60.4 Å². The van der Waals surface area contributed by atoms with E-state index in [4.69, 9.17) is 18.9 Å². The lowest BCUT2D eigenvalue weighted by Gasteiger charge is -2.42. The minimum absolute atomic E-state index is 0.825. The minimum Gasteiger partial charge on any atom is -0.469 e. The highest BCUT2D eigenvalue weighted by molar-refractivity contribution is 5.85. The number of hydrogen-bond donors (Lipinski definition) is 0. The van der Waals surface area contributed by atoms with Gasteiger partial charge in [-0.15, -0.1) is 0 Å². The number of rotatable bonds is 5. The maximum atomic E-state index is 12.2. The molecule has 0 radical (unpaired) electrons. The predicted molar refractivity (Wildman–Crippen MR) is 79.1 cm³/mol. The maximum absolute atomic E-state index is 12.2. The van der Waals surface area contributed by atoms with E-state index in [1.165, 1.54) is 0 Å². The molecule has 1 saturated heterocycles. The highest BCUT2D eigenvalue weighted by atomic mass is 16.7. The van der Waals surface area contributed by atoms with Crippen molar-refractivity contribution in [2.75, 3.05) is 14.2 Å². The summed E-state index contributed by atoms with van der Waals surface area (Å²) in [7, 11) is 2.08. The van der Waals surface area contributed by atoms with Crippen molar-refractivity contribution in [1.82, 2.24) is 0 Å². The summed E-state index contributed by atoms with van der Waals surface area (Å²) >= 11 is 0. The van der Waals surface area contributed by atoms with E-state index >= 15 is 0 Å². The summed E-state index contributed by atoms with van der Waals surface area (Å²) in [5.74, 6) is -6.00. The molecular formula is C15H20O11. The zero-order chi connectivity index (χ0) is 20.0. The van der Waals surface area contributed by atoms with Gasteiger partial charge in [0, 0.05) is 20.8 Å². The van der Waals surface area contributed by atoms with Crippen LogP contribution in [0.1, 0.15) is 20.8 Å². The zero-order valence-electron chi connectivity index (χ0n) is 14.9. The smallest absolute Gasteiger partial charge is 0.336 e. The first kappa shape index (κ1) is 21.4. The molecule has 0 N–H and O–H groups in total. The summed E-state index contributed by atoms with van der Waals surface area (Å²) in [4.78, 5) is 58.5. The standard InChI is InChI=1S/C15H20O11/c1-6(16)23-10-9(13(19)21-4)11(14(20)22-5)26-15(25-8(3)18)12(10)24-7(2)17/h9-12,15H,1-5H3. The average molecular weight is 376 g/mol. The molecule has 0 aromatic rings. The molecular weight excluding hydrogens is 356 g/mol. The monoisotopic (exact) mass is 376 g/mol. The van der Waals surface area contributed by atoms with Gasteiger partial charge in [0.05, 0.1) is 14.2 Å². The zero-order valence-corrected chi connectivity index (χ0v) is 14.9. The number of esters is 5. The molecule has 0 spiro atoms. The second kappa shape index (κ2) is 9.13. The van der Waals surface area contributed by atoms with Crippen molar-refractivity contribution in [3.8, 4) is 0 Å². The largest absolute Gasteiger partial charge is 0.469 e. The topological polar surface area (TPSA) is 141 Å². The maximum Gasteiger partial charge on any atom is 0.336 e. The Morgan fingerprint density at radius 2 is 1.15 bits per heavy atom. The molecule has 11 nitrogen and oxygen atoms in total. The van der Waals surface area contributed by atoms with Gasteiger partial charge in [-0.1, -0.05) is 0 Å². The second-order valence-electron chi connectivity index (χ2n) is 5.25. The Kier molecular flexibility index (Phi) is 7.50. The third-order valence-corrected chi connectivity index (χ3v) is 3.35. The van der Waals surface area contributed by atoms with Crippen LogP contribution in [0.2, 0.25) is 0 Å². The van der Waals surface area contributed by atoms with E-state index in [1.54, 1.807) is 0 Å². The van der Waals surface area contributed by atoms with Crippen LogP contribution in [0, 0.1) is 5.92 Å². The molecule has 11 heteroatoms. The summed E-state index contributed by atoms with van der Waals surface area (Å²) in [6, 6.07) is 0. The van der Waals surface area contributed by atoms with Gasteiger partial charge in [-0.3, -0.25) is 19.2 Å². The molecule has 5 atom stereocenters. The van der Waals surface area contributed by atoms with Crippen molar-refractivity contribution in [1.29, 1.82) is 0 Å². The molecule has 1 heterocycles. The van der Waals surface area contributed by atoms with Crippen molar-refractivity contribution >= 4 is 29.8 Å². The Bertz CT molecular complexity index is 584. The van der Waals surface area contributed by atoms with Gasteiger partial charge in [0.25, 0.3) is 0 Å². The molecule has 1 fully saturated rings. The Morgan fingerprint density at radius 3 is 1.58 bits per heavy atom. The molecule has 5 unspecified atom stereocenters. The van der Waals surface area contributed by atoms with E-state index in [9.17, 15) is 24.0 Å². The van der Waals surface area contributed by atoms with Gasteiger partial charge in [-0.25, -0.2) is 4.79 Å². The molecule has 26 heavy (non-hydrogen) atoms. The van der Waals surface area contributed by atoms with Crippen LogP contribution in [-0.2, 0) is 52.4 Å². The SMILES string of the molecule is COC(=O)C1OC(OC(C)=O)C(OC(C)=O)C(OC(C)=O)C1C(=O)OC. The fourth-order valence-corrected chi connectivity index (χ4v) is 2.45. The van der Waals surface area contributed by atoms with Crippen LogP contribution in [0.5, 0.6) is 0 Å². The summed E-state index contributed by atoms with van der Waals surface area (Å²) in [5.41, 5.74) is 0. The van der Waals surface area contributed by atoms with Crippen LogP contribution in [0.25, 0.3) is 0 Å². The van der Waals surface area contributed by atoms with Gasteiger partial charge in [0.15, 0.2) is 12.2 Å². The highest BCUT2D eigenvalue weighted by Crippen LogP contribution is 2.33. The van der Waals surface area contributed by atoms with Crippen LogP contribution >= 0.6 is 0 Å². The first-order chi connectivity index (χ1) is 12.1. The number of carbonyl (C=O) groups is 5. The minimum atomic E-state index is -1.63. The average Bonchev–Trinajstić information content (AvgIpc) is 2.54. The molecule has 1 aliphatic heterocycles. The van der Waals surface area contributed by atoms with Crippen LogP contribution in [0.4, 0.5) is 0 Å². The van der Waals surface area contributed by atoms with Gasteiger partial charge >= 0.3 is 29.8 Å². The summed E-state index contributed by atoms with van der Waals surface area (Å²) in [6.07, 6.45) is -6.28. The van der Waals surface area contributed by atoms with E-state index in [1.807, 2.05) is 0 Å². The Hall–Kier alpha value is -2.69. The first-order valence-corrected chi connectivity index (χ1v) is 7.45. The molecule has 0 bridgehead atoms. The van der Waals surface area contributed by atoms with Crippen molar-refractivity contribution in [2.24, 2.45) is 5.92 Å². The van der Waals surface area contributed by atoms with Crippen LogP contribution < -0.4 is 0 Å². The molecule has 0 amide bonds. The van der Waals surface area contributed by atoms with Gasteiger partial charge in [-0.2, -0.15) is 0 Å². The Labute approximate surface area is 148 Å². The number of ether oxygens (including phenoxy) is 6. The quantitative estimate of drug-likeness (QED) is 0.435. The predicted octanol–water partition coefficient (Wildman–Crippen LogP) is -0.900. The molecule has 1 aliphatic rings. The van der Waals surface area contributed by atoms with Crippen LogP contribution in [0.3, 0.4) is 0 Å². The molecule has 0 saturated carbocycles. The second-order valence-corrected chi connectivity index (χ2v) is 5.25. The third kappa shape index (κ3) is 5.15. The lowest BCUT2D eigenvalue weighted by Crippen LogP contribution is -2.62. The number of carbonyl (C=O) groups excluding carboxylic acids is 5. The van der Waals surface area contributed by atoms with Crippen molar-refractivity contribution < 1.29 is 52.4 Å². The fraction of sp³-hybridized carbons (Fsp3) is 0.667. The van der Waals surface area contributed by atoms with E-state index in [0.29, 0.717) is 0 Å². The summed E-state index contributed by atoms with van der Waals surface area (Å²) in [5, 5.41) is 0. The molecule has 0 aromatic heterocycles. The van der Waals surface area contributed by atoms with Crippen molar-refractivity contribution in [3.05, 3.63) is 0 Å². The third-order valence-electron chi connectivity index (χ3n) is 3.35. The molecule has 1 rings (SSSR count). The van der Waals surface area contributed by atoms with Crippen LogP contribution in [-0.4, -0.2) is 68.7 Å². The number of hydrogen-bond acceptors (Lipinski definition) is 11. The molecule has 0 aliphatic carbocycles. The van der Waals surface area contributed by atoms with Gasteiger partial charge in [-0.05, 0) is 0 Å². The summed E-state index contributed by atoms with van der Waals surface area (Å²) < 4.78 is 29.6. The fourth-order valence-electron chi connectivity index (χ4n) is 2.45. The first-order valence-electron chi connectivity index (χ1n) is 7.45. The van der Waals surface area contributed by atoms with Gasteiger partial charge in [0.1, 0.15) is 5.92 Å². The Balaban J connectivity index is 3.42. The lowest BCUT2D eigenvalue weighted by atomic mass is 9.88. The van der Waals surface area contributed by atoms with Crippen molar-refractivity contribution in [2.45, 2.75) is 45.4 Å². The Morgan fingerprint density at radius 1 is 0.692 bits per heavy atom. The summed E-state index contributed by atoms with van der Waals surface area (Å²) in [6.45, 7) is 3.15. The lowest BCUT2D eigenvalue weighted by molar-refractivity contribution is -0.281. The van der Waals surface area contributed by atoms with E-state index in [2.05, 4.69) is 9.47 Å². The number of methoxy groups -OCH3 is 2. The van der Waals surface area contributed by atoms with Crippen LogP contribution in [0.15, 0.2) is 0 Å². The van der Waals surface area contributed by atoms with Gasteiger partial charge in [0.2, 0.25) is 12.4 Å².